The van der Waals surface area contributed by atoms with Crippen LogP contribution in [0.25, 0.3) is 11.0 Å². The van der Waals surface area contributed by atoms with Gasteiger partial charge in [-0.25, -0.2) is 0 Å². The monoisotopic (exact) mass is 461 g/mol. The Kier molecular flexibility index (Phi) is 6.01. The topological polar surface area (TPSA) is 100 Å². The Bertz CT molecular complexity index is 1210. The molecule has 0 saturated heterocycles. The average molecular weight is 461 g/mol. The highest BCUT2D eigenvalue weighted by atomic mass is 32.2. The molecule has 11 heteroatoms. The Morgan fingerprint density at radius 1 is 1.12 bits per heavy atom. The molecular weight excluding hydrogens is 447 g/mol. The minimum Gasteiger partial charge on any atom is -0.606 e. The number of hydrogen-bond donors (Lipinski definition) is 1. The standard InChI is InChI=1S/C21H14F3N3O4S/c22-21(23,24)31-15-2-1-3-16(9-15)32(29)17-5-4-14(26-11-17)10-27-20(28)18-8-13-6-7-25-12-19(13)30-18/h1-9,11-12H,10H2,(H,27,28). The molecule has 0 aliphatic carbocycles. The Hall–Kier alpha value is -3.57. The predicted octanol–water partition coefficient (Wildman–Crippen LogP) is 4.22. The number of halogens is 3. The van der Waals surface area contributed by atoms with E-state index in [1.807, 2.05) is 0 Å². The Morgan fingerprint density at radius 3 is 2.69 bits per heavy atom. The number of pyridine rings is 2. The van der Waals surface area contributed by atoms with Gasteiger partial charge < -0.3 is 19.0 Å². The van der Waals surface area contributed by atoms with E-state index in [0.717, 1.165) is 17.5 Å². The number of furan rings is 1. The van der Waals surface area contributed by atoms with E-state index in [1.165, 1.54) is 30.6 Å². The summed E-state index contributed by atoms with van der Waals surface area (Å²) in [6, 6.07) is 11.3. The van der Waals surface area contributed by atoms with Crippen LogP contribution in [0.1, 0.15) is 16.2 Å². The third kappa shape index (κ3) is 5.18. The first-order valence-electron chi connectivity index (χ1n) is 9.13. The van der Waals surface area contributed by atoms with E-state index in [0.29, 0.717) is 11.3 Å². The number of nitrogens with one attached hydrogen (secondary N) is 1. The molecule has 164 valence electrons. The van der Waals surface area contributed by atoms with Gasteiger partial charge in [-0.3, -0.25) is 14.8 Å². The summed E-state index contributed by atoms with van der Waals surface area (Å²) in [5.74, 6) is -0.763. The van der Waals surface area contributed by atoms with E-state index in [4.69, 9.17) is 4.42 Å². The maximum absolute atomic E-state index is 12.7. The van der Waals surface area contributed by atoms with Gasteiger partial charge in [-0.2, -0.15) is 0 Å². The second-order valence-electron chi connectivity index (χ2n) is 6.48. The second kappa shape index (κ2) is 8.89. The number of fused-ring (bicyclic) bond motifs is 1. The van der Waals surface area contributed by atoms with Gasteiger partial charge in [0.05, 0.1) is 24.6 Å². The summed E-state index contributed by atoms with van der Waals surface area (Å²) in [5, 5.41) is 3.42. The quantitative estimate of drug-likeness (QED) is 0.432. The largest absolute Gasteiger partial charge is 0.606 e. The predicted molar refractivity (Wildman–Crippen MR) is 107 cm³/mol. The van der Waals surface area contributed by atoms with E-state index >= 15 is 0 Å². The van der Waals surface area contributed by atoms with Crippen molar-refractivity contribution in [1.82, 2.24) is 15.3 Å². The van der Waals surface area contributed by atoms with Crippen LogP contribution < -0.4 is 10.1 Å². The number of benzene rings is 1. The van der Waals surface area contributed by atoms with Gasteiger partial charge in [-0.05, 0) is 36.4 Å². The summed E-state index contributed by atoms with van der Waals surface area (Å²) < 4.78 is 59.1. The number of rotatable bonds is 6. The lowest BCUT2D eigenvalue weighted by Crippen LogP contribution is -2.22. The van der Waals surface area contributed by atoms with Crippen LogP contribution in [-0.4, -0.2) is 26.8 Å². The van der Waals surface area contributed by atoms with Gasteiger partial charge in [0.15, 0.2) is 21.1 Å². The highest BCUT2D eigenvalue weighted by molar-refractivity contribution is 7.91. The second-order valence-corrected chi connectivity index (χ2v) is 7.96. The molecule has 3 aromatic heterocycles. The summed E-state index contributed by atoms with van der Waals surface area (Å²) in [4.78, 5) is 20.8. The van der Waals surface area contributed by atoms with Crippen LogP contribution >= 0.6 is 0 Å². The highest BCUT2D eigenvalue weighted by Crippen LogP contribution is 2.27. The minimum absolute atomic E-state index is 0.0932. The lowest BCUT2D eigenvalue weighted by Gasteiger charge is -2.12. The van der Waals surface area contributed by atoms with Crippen molar-refractivity contribution in [2.24, 2.45) is 0 Å². The first kappa shape index (κ1) is 21.7. The first-order valence-corrected chi connectivity index (χ1v) is 10.3. The molecule has 4 aromatic rings. The SMILES string of the molecule is O=C(NCc1ccc([S+]([O-])c2cccc(OC(F)(F)F)c2)cn1)c1cc2ccncc2o1. The van der Waals surface area contributed by atoms with E-state index in [1.54, 1.807) is 24.4 Å². The number of alkyl halides is 3. The smallest absolute Gasteiger partial charge is 0.573 e. The van der Waals surface area contributed by atoms with Crippen molar-refractivity contribution in [3.63, 3.8) is 0 Å². The molecule has 0 saturated carbocycles. The van der Waals surface area contributed by atoms with E-state index in [2.05, 4.69) is 20.0 Å². The zero-order valence-corrected chi connectivity index (χ0v) is 16.9. The van der Waals surface area contributed by atoms with Crippen LogP contribution in [0.5, 0.6) is 5.75 Å². The molecule has 0 fully saturated rings. The van der Waals surface area contributed by atoms with Crippen LogP contribution in [-0.2, 0) is 17.7 Å². The molecule has 7 nitrogen and oxygen atoms in total. The number of ether oxygens (including phenoxy) is 1. The Morgan fingerprint density at radius 2 is 1.97 bits per heavy atom. The van der Waals surface area contributed by atoms with E-state index in [9.17, 15) is 22.5 Å². The van der Waals surface area contributed by atoms with Crippen molar-refractivity contribution in [3.8, 4) is 5.75 Å². The molecule has 1 amide bonds. The third-order valence-corrected chi connectivity index (χ3v) is 5.59. The van der Waals surface area contributed by atoms with Crippen molar-refractivity contribution in [2.45, 2.75) is 22.7 Å². The molecule has 4 rings (SSSR count). The summed E-state index contributed by atoms with van der Waals surface area (Å²) >= 11 is -1.76. The van der Waals surface area contributed by atoms with Crippen molar-refractivity contribution >= 4 is 28.1 Å². The normalized spacial score (nSPS) is 12.5. The number of amides is 1. The fraction of sp³-hybridized carbons (Fsp3) is 0.0952. The van der Waals surface area contributed by atoms with Crippen LogP contribution in [0, 0.1) is 0 Å². The number of aromatic nitrogens is 2. The average Bonchev–Trinajstić information content (AvgIpc) is 3.21. The lowest BCUT2D eigenvalue weighted by atomic mass is 10.3. The van der Waals surface area contributed by atoms with Crippen molar-refractivity contribution < 1.29 is 31.7 Å². The fourth-order valence-electron chi connectivity index (χ4n) is 2.80. The fourth-order valence-corrected chi connectivity index (χ4v) is 3.84. The zero-order chi connectivity index (χ0) is 22.7. The van der Waals surface area contributed by atoms with Gasteiger partial charge in [0.1, 0.15) is 5.75 Å². The van der Waals surface area contributed by atoms with E-state index < -0.39 is 29.2 Å². The maximum atomic E-state index is 12.7. The summed E-state index contributed by atoms with van der Waals surface area (Å²) in [6.07, 6.45) is -0.402. The summed E-state index contributed by atoms with van der Waals surface area (Å²) in [7, 11) is 0. The molecule has 0 spiro atoms. The van der Waals surface area contributed by atoms with Crippen LogP contribution in [0.4, 0.5) is 13.2 Å². The Balaban J connectivity index is 1.39. The molecule has 1 N–H and O–H groups in total. The van der Waals surface area contributed by atoms with Gasteiger partial charge in [0.2, 0.25) is 0 Å². The molecular formula is C21H14F3N3O4S. The van der Waals surface area contributed by atoms with Crippen molar-refractivity contribution in [3.05, 3.63) is 78.6 Å². The molecule has 1 unspecified atom stereocenters. The number of carbonyl (C=O) groups is 1. The molecule has 0 aliphatic heterocycles. The van der Waals surface area contributed by atoms with Gasteiger partial charge >= 0.3 is 6.36 Å². The van der Waals surface area contributed by atoms with Crippen molar-refractivity contribution in [2.75, 3.05) is 0 Å². The van der Waals surface area contributed by atoms with Gasteiger partial charge in [0.25, 0.3) is 5.91 Å². The summed E-state index contributed by atoms with van der Waals surface area (Å²) in [6.45, 7) is 0.0932. The first-order chi connectivity index (χ1) is 15.3. The maximum Gasteiger partial charge on any atom is 0.573 e. The van der Waals surface area contributed by atoms with Crippen LogP contribution in [0.2, 0.25) is 0 Å². The summed E-state index contributed by atoms with van der Waals surface area (Å²) in [5.41, 5.74) is 0.985. The molecule has 32 heavy (non-hydrogen) atoms. The molecule has 3 heterocycles. The van der Waals surface area contributed by atoms with E-state index in [-0.39, 0.29) is 22.1 Å². The molecule has 0 aliphatic rings. The van der Waals surface area contributed by atoms with Gasteiger partial charge in [-0.1, -0.05) is 6.07 Å². The molecule has 1 atom stereocenters. The third-order valence-electron chi connectivity index (χ3n) is 4.24. The van der Waals surface area contributed by atoms with Gasteiger partial charge in [0, 0.05) is 28.8 Å². The van der Waals surface area contributed by atoms with Gasteiger partial charge in [-0.15, -0.1) is 13.2 Å². The molecule has 1 aromatic carbocycles. The minimum atomic E-state index is -4.84. The lowest BCUT2D eigenvalue weighted by molar-refractivity contribution is -0.274. The van der Waals surface area contributed by atoms with Crippen molar-refractivity contribution in [1.29, 1.82) is 0 Å². The van der Waals surface area contributed by atoms with Crippen LogP contribution in [0.15, 0.2) is 81.3 Å². The van der Waals surface area contributed by atoms with Crippen LogP contribution in [0.3, 0.4) is 0 Å². The number of hydrogen-bond acceptors (Lipinski definition) is 6. The molecule has 0 bridgehead atoms. The molecule has 0 radical (unpaired) electrons. The zero-order valence-electron chi connectivity index (χ0n) is 16.1. The Labute approximate surface area is 182 Å². The highest BCUT2D eigenvalue weighted by Gasteiger charge is 2.31. The number of nitrogens with zero attached hydrogens (tertiary/aromatic N) is 2. The number of carbonyl (C=O) groups excluding carboxylic acids is 1.